The number of amides is 2. The summed E-state index contributed by atoms with van der Waals surface area (Å²) in [6.07, 6.45) is 0. The Hall–Kier alpha value is -4.13. The number of rotatable bonds is 4. The summed E-state index contributed by atoms with van der Waals surface area (Å²) in [6, 6.07) is 25.3. The number of aromatic nitrogens is 2. The molecule has 0 spiro atoms. The molecule has 0 unspecified atom stereocenters. The number of carbonyl (C=O) groups excluding carboxylic acids is 1. The molecule has 0 radical (unpaired) electrons. The van der Waals surface area contributed by atoms with E-state index in [0.717, 1.165) is 22.3 Å². The minimum atomic E-state index is -0.130. The van der Waals surface area contributed by atoms with Crippen LogP contribution in [0.2, 0.25) is 0 Å². The number of urea groups is 1. The molecule has 1 aliphatic rings. The second-order valence-corrected chi connectivity index (χ2v) is 8.57. The third kappa shape index (κ3) is 4.50. The van der Waals surface area contributed by atoms with Crippen LogP contribution >= 0.6 is 0 Å². The number of para-hydroxylation sites is 3. The Morgan fingerprint density at radius 1 is 0.882 bits per heavy atom. The van der Waals surface area contributed by atoms with E-state index in [2.05, 4.69) is 36.5 Å². The molecule has 0 saturated carbocycles. The molecule has 2 amide bonds. The highest BCUT2D eigenvalue weighted by Gasteiger charge is 2.25. The first-order valence-electron chi connectivity index (χ1n) is 11.5. The van der Waals surface area contributed by atoms with Crippen LogP contribution in [0.25, 0.3) is 11.0 Å². The quantitative estimate of drug-likeness (QED) is 0.505. The van der Waals surface area contributed by atoms with Gasteiger partial charge in [-0.1, -0.05) is 60.2 Å². The molecule has 0 bridgehead atoms. The van der Waals surface area contributed by atoms with Gasteiger partial charge in [-0.2, -0.15) is 0 Å². The maximum atomic E-state index is 13.6. The van der Waals surface area contributed by atoms with Crippen LogP contribution in [0.4, 0.5) is 16.3 Å². The van der Waals surface area contributed by atoms with Crippen molar-refractivity contribution in [3.8, 4) is 0 Å². The van der Waals surface area contributed by atoms with E-state index in [1.54, 1.807) is 9.47 Å². The molecule has 4 aromatic rings. The van der Waals surface area contributed by atoms with Crippen LogP contribution in [0, 0.1) is 6.92 Å². The summed E-state index contributed by atoms with van der Waals surface area (Å²) >= 11 is 0. The Balaban J connectivity index is 1.38. The molecule has 172 valence electrons. The normalized spacial score (nSPS) is 13.8. The second kappa shape index (κ2) is 9.39. The van der Waals surface area contributed by atoms with Crippen molar-refractivity contribution in [3.63, 3.8) is 0 Å². The average molecular weight is 454 g/mol. The molecule has 1 N–H and O–H groups in total. The molecule has 1 saturated heterocycles. The van der Waals surface area contributed by atoms with Crippen LogP contribution in [0.5, 0.6) is 0 Å². The van der Waals surface area contributed by atoms with Gasteiger partial charge in [-0.15, -0.1) is 0 Å². The zero-order valence-electron chi connectivity index (χ0n) is 19.1. The maximum Gasteiger partial charge on any atom is 0.321 e. The van der Waals surface area contributed by atoms with Crippen molar-refractivity contribution in [2.24, 2.45) is 0 Å². The third-order valence-electron chi connectivity index (χ3n) is 6.19. The summed E-state index contributed by atoms with van der Waals surface area (Å²) < 4.78 is 1.80. The van der Waals surface area contributed by atoms with Crippen molar-refractivity contribution < 1.29 is 4.79 Å². The monoisotopic (exact) mass is 453 g/mol. The molecule has 2 heterocycles. The zero-order chi connectivity index (χ0) is 23.5. The number of nitrogens with zero attached hydrogens (tertiary/aromatic N) is 4. The van der Waals surface area contributed by atoms with Crippen molar-refractivity contribution >= 4 is 28.6 Å². The molecule has 1 aliphatic heterocycles. The van der Waals surface area contributed by atoms with Gasteiger partial charge in [0, 0.05) is 31.9 Å². The van der Waals surface area contributed by atoms with E-state index in [1.165, 1.54) is 5.56 Å². The molecule has 5 rings (SSSR count). The second-order valence-electron chi connectivity index (χ2n) is 8.57. The van der Waals surface area contributed by atoms with Gasteiger partial charge in [0.2, 0.25) is 0 Å². The van der Waals surface area contributed by atoms with E-state index in [-0.39, 0.29) is 11.6 Å². The highest BCUT2D eigenvalue weighted by atomic mass is 16.2. The Morgan fingerprint density at radius 2 is 1.56 bits per heavy atom. The number of fused-ring (bicyclic) bond motifs is 1. The van der Waals surface area contributed by atoms with Gasteiger partial charge in [0.1, 0.15) is 0 Å². The predicted octanol–water partition coefficient (Wildman–Crippen LogP) is 4.11. The lowest BCUT2D eigenvalue weighted by atomic mass is 10.1. The van der Waals surface area contributed by atoms with E-state index in [1.807, 2.05) is 59.5 Å². The van der Waals surface area contributed by atoms with Crippen LogP contribution in [0.3, 0.4) is 0 Å². The standard InChI is InChI=1S/C27H27N5O2/c1-20-11-13-21(14-12-20)19-32-24-10-6-5-9-23(24)29-25(26(32)33)30-15-17-31(18-16-30)27(34)28-22-7-3-2-4-8-22/h2-14H,15-19H2,1H3,(H,28,34). The van der Waals surface area contributed by atoms with Crippen molar-refractivity contribution in [2.75, 3.05) is 36.4 Å². The molecule has 3 aromatic carbocycles. The van der Waals surface area contributed by atoms with Crippen LogP contribution in [-0.2, 0) is 6.54 Å². The van der Waals surface area contributed by atoms with Crippen molar-refractivity contribution in [2.45, 2.75) is 13.5 Å². The van der Waals surface area contributed by atoms with Gasteiger partial charge in [0.25, 0.3) is 5.56 Å². The van der Waals surface area contributed by atoms with Gasteiger partial charge in [0.15, 0.2) is 5.82 Å². The molecule has 7 heteroatoms. The summed E-state index contributed by atoms with van der Waals surface area (Å²) in [5.74, 6) is 0.439. The van der Waals surface area contributed by atoms with E-state index in [4.69, 9.17) is 4.98 Å². The van der Waals surface area contributed by atoms with E-state index in [9.17, 15) is 9.59 Å². The SMILES string of the molecule is Cc1ccc(Cn2c(=O)c(N3CCN(C(=O)Nc4ccccc4)CC3)nc3ccccc32)cc1. The number of piperazine rings is 1. The summed E-state index contributed by atoms with van der Waals surface area (Å²) in [7, 11) is 0. The first-order valence-corrected chi connectivity index (χ1v) is 11.5. The topological polar surface area (TPSA) is 70.5 Å². The summed E-state index contributed by atoms with van der Waals surface area (Å²) in [6.45, 7) is 4.67. The average Bonchev–Trinajstić information content (AvgIpc) is 2.87. The lowest BCUT2D eigenvalue weighted by Crippen LogP contribution is -2.51. The smallest absolute Gasteiger partial charge is 0.321 e. The number of anilines is 2. The van der Waals surface area contributed by atoms with Crippen molar-refractivity contribution in [1.82, 2.24) is 14.5 Å². The van der Waals surface area contributed by atoms with Gasteiger partial charge in [-0.3, -0.25) is 9.36 Å². The Bertz CT molecular complexity index is 1360. The minimum Gasteiger partial charge on any atom is -0.348 e. The van der Waals surface area contributed by atoms with Crippen LogP contribution in [0.1, 0.15) is 11.1 Å². The molecule has 1 fully saturated rings. The van der Waals surface area contributed by atoms with Gasteiger partial charge < -0.3 is 15.1 Å². The van der Waals surface area contributed by atoms with Gasteiger partial charge in [-0.05, 0) is 36.8 Å². The van der Waals surface area contributed by atoms with Crippen molar-refractivity contribution in [3.05, 3.63) is 100 Å². The van der Waals surface area contributed by atoms with Crippen LogP contribution in [-0.4, -0.2) is 46.7 Å². The Labute approximate surface area is 198 Å². The number of benzene rings is 3. The van der Waals surface area contributed by atoms with E-state index in [0.29, 0.717) is 38.5 Å². The van der Waals surface area contributed by atoms with Gasteiger partial charge in [-0.25, -0.2) is 9.78 Å². The fraction of sp³-hybridized carbons (Fsp3) is 0.222. The number of hydrogen-bond donors (Lipinski definition) is 1. The summed E-state index contributed by atoms with van der Waals surface area (Å²) in [5.41, 5.74) is 4.51. The predicted molar refractivity (Wildman–Crippen MR) is 136 cm³/mol. The fourth-order valence-corrected chi connectivity index (χ4v) is 4.26. The van der Waals surface area contributed by atoms with Crippen LogP contribution in [0.15, 0.2) is 83.7 Å². The number of carbonyl (C=O) groups is 1. The highest BCUT2D eigenvalue weighted by molar-refractivity contribution is 5.89. The maximum absolute atomic E-state index is 13.6. The zero-order valence-corrected chi connectivity index (χ0v) is 19.1. The number of aryl methyl sites for hydroxylation is 1. The summed E-state index contributed by atoms with van der Waals surface area (Å²) in [5, 5.41) is 2.93. The minimum absolute atomic E-state index is 0.110. The largest absolute Gasteiger partial charge is 0.348 e. The lowest BCUT2D eigenvalue weighted by molar-refractivity contribution is 0.208. The molecule has 0 atom stereocenters. The Morgan fingerprint density at radius 3 is 2.29 bits per heavy atom. The third-order valence-corrected chi connectivity index (χ3v) is 6.19. The summed E-state index contributed by atoms with van der Waals surface area (Å²) in [4.78, 5) is 34.7. The van der Waals surface area contributed by atoms with Crippen LogP contribution < -0.4 is 15.8 Å². The lowest BCUT2D eigenvalue weighted by Gasteiger charge is -2.35. The fourth-order valence-electron chi connectivity index (χ4n) is 4.26. The van der Waals surface area contributed by atoms with E-state index >= 15 is 0 Å². The van der Waals surface area contributed by atoms with Gasteiger partial charge in [0.05, 0.1) is 17.6 Å². The number of nitrogens with one attached hydrogen (secondary N) is 1. The molecular formula is C27H27N5O2. The molecule has 34 heavy (non-hydrogen) atoms. The number of hydrogen-bond acceptors (Lipinski definition) is 4. The molecular weight excluding hydrogens is 426 g/mol. The van der Waals surface area contributed by atoms with Gasteiger partial charge >= 0.3 is 6.03 Å². The Kier molecular flexibility index (Phi) is 5.99. The molecule has 1 aromatic heterocycles. The molecule has 0 aliphatic carbocycles. The first kappa shape index (κ1) is 21.7. The first-order chi connectivity index (χ1) is 16.6. The molecule has 7 nitrogen and oxygen atoms in total. The highest BCUT2D eigenvalue weighted by Crippen LogP contribution is 2.18. The van der Waals surface area contributed by atoms with Crippen molar-refractivity contribution in [1.29, 1.82) is 0 Å². The van der Waals surface area contributed by atoms with E-state index < -0.39 is 0 Å².